The van der Waals surface area contributed by atoms with Crippen molar-refractivity contribution in [1.82, 2.24) is 52.8 Å². The molecule has 0 saturated carbocycles. The first kappa shape index (κ1) is 67.9. The first-order chi connectivity index (χ1) is 34.7. The zero-order chi connectivity index (χ0) is 56.8. The molecule has 422 valence electrons. The smallest absolute Gasteiger partial charge is 0.326 e. The number of hydrogen-bond donors (Lipinski definition) is 14. The average Bonchev–Trinajstić information content (AvgIpc) is 3.35. The maximum Gasteiger partial charge on any atom is 0.326 e. The Kier molecular flexibility index (Phi) is 32.9. The van der Waals surface area contributed by atoms with Crippen LogP contribution in [0.1, 0.15) is 99.8 Å². The number of aliphatic hydroxyl groups excluding tert-OH is 1. The van der Waals surface area contributed by atoms with E-state index < -0.39 is 164 Å². The van der Waals surface area contributed by atoms with Gasteiger partial charge in [0, 0.05) is 7.05 Å². The van der Waals surface area contributed by atoms with Gasteiger partial charge in [0.05, 0.1) is 32.7 Å². The van der Waals surface area contributed by atoms with Crippen LogP contribution in [-0.2, 0) is 57.5 Å². The van der Waals surface area contributed by atoms with Crippen LogP contribution in [-0.4, -0.2) is 186 Å². The van der Waals surface area contributed by atoms with E-state index in [4.69, 9.17) is 17.2 Å². The fraction of sp³-hybridized carbons (Fsp3) is 0.739. The monoisotopic (exact) mass is 1070 g/mol. The van der Waals surface area contributed by atoms with Crippen molar-refractivity contribution < 1.29 is 67.7 Å². The number of hydrogen-bond acceptors (Lipinski definition) is 16. The van der Waals surface area contributed by atoms with E-state index in [1.165, 1.54) is 25.7 Å². The minimum Gasteiger partial charge on any atom is -0.480 e. The first-order valence-corrected chi connectivity index (χ1v) is 26.0. The molecule has 0 heterocycles. The SMILES string of the molecule is CC[C@H](C)[C@H](NC(=O)[C@H](C)NC(=O)CNC(=O)[C@H](CCCCN)NC(=O)[C@H](CC(N)=O)NC(=O)[C@H](CO)NC(=O)CN)C(=O)N[C@H](C(=O)NCC(=O)N(C)[C@@H](CC(C)C)C(=O)N[C@@H](CCSC)C(=O)O)[C@@H](C)CC. The molecule has 0 bridgehead atoms. The Balaban J connectivity index is 5.98. The number of carboxylic acid groups (broad SMARTS) is 1. The van der Waals surface area contributed by atoms with Crippen molar-refractivity contribution in [2.24, 2.45) is 35.0 Å². The van der Waals surface area contributed by atoms with Crippen molar-refractivity contribution in [2.45, 2.75) is 148 Å². The Morgan fingerprint density at radius 2 is 1.14 bits per heavy atom. The number of primary amides is 1. The Hall–Kier alpha value is -6.13. The van der Waals surface area contributed by atoms with Crippen LogP contribution in [0.5, 0.6) is 0 Å². The molecule has 17 N–H and O–H groups in total. The molecule has 10 atom stereocenters. The minimum atomic E-state index is -1.66. The quantitative estimate of drug-likeness (QED) is 0.0260. The molecule has 0 radical (unpaired) electrons. The number of aliphatic carboxylic acids is 1. The van der Waals surface area contributed by atoms with E-state index in [0.717, 1.165) is 4.90 Å². The molecule has 0 fully saturated rings. The lowest BCUT2D eigenvalue weighted by atomic mass is 9.94. The summed E-state index contributed by atoms with van der Waals surface area (Å²) in [6, 6.07) is -10.5. The number of carbonyl (C=O) groups excluding carboxylic acids is 11. The van der Waals surface area contributed by atoms with Crippen LogP contribution in [0.2, 0.25) is 0 Å². The summed E-state index contributed by atoms with van der Waals surface area (Å²) in [5.74, 6) is -11.0. The summed E-state index contributed by atoms with van der Waals surface area (Å²) >= 11 is 1.42. The van der Waals surface area contributed by atoms with Crippen molar-refractivity contribution in [1.29, 1.82) is 0 Å². The highest BCUT2D eigenvalue weighted by Gasteiger charge is 2.36. The highest BCUT2D eigenvalue weighted by Crippen LogP contribution is 2.15. The third-order valence-electron chi connectivity index (χ3n) is 11.9. The van der Waals surface area contributed by atoms with Gasteiger partial charge in [-0.1, -0.05) is 54.4 Å². The second-order valence-corrected chi connectivity index (χ2v) is 19.4. The molecule has 11 amide bonds. The predicted octanol–water partition coefficient (Wildman–Crippen LogP) is -4.61. The van der Waals surface area contributed by atoms with Crippen LogP contribution >= 0.6 is 11.8 Å². The maximum atomic E-state index is 13.9. The van der Waals surface area contributed by atoms with Crippen molar-refractivity contribution in [3.8, 4) is 0 Å². The fourth-order valence-corrected chi connectivity index (χ4v) is 7.43. The average molecular weight is 1070 g/mol. The largest absolute Gasteiger partial charge is 0.480 e. The lowest BCUT2D eigenvalue weighted by Gasteiger charge is -2.31. The van der Waals surface area contributed by atoms with Gasteiger partial charge in [0.2, 0.25) is 65.0 Å². The number of rotatable bonds is 37. The second kappa shape index (κ2) is 35.9. The first-order valence-electron chi connectivity index (χ1n) is 24.7. The van der Waals surface area contributed by atoms with Crippen molar-refractivity contribution in [2.75, 3.05) is 51.8 Å². The number of thioether (sulfide) groups is 1. The van der Waals surface area contributed by atoms with Gasteiger partial charge in [0.1, 0.15) is 48.3 Å². The van der Waals surface area contributed by atoms with E-state index in [1.807, 2.05) is 13.8 Å². The van der Waals surface area contributed by atoms with Gasteiger partial charge in [-0.2, -0.15) is 11.8 Å². The zero-order valence-electron chi connectivity index (χ0n) is 44.1. The van der Waals surface area contributed by atoms with Gasteiger partial charge in [-0.15, -0.1) is 0 Å². The van der Waals surface area contributed by atoms with Crippen molar-refractivity contribution in [3.63, 3.8) is 0 Å². The second-order valence-electron chi connectivity index (χ2n) is 18.4. The number of nitrogens with zero attached hydrogens (tertiary/aromatic N) is 1. The summed E-state index contributed by atoms with van der Waals surface area (Å²) < 4.78 is 0. The number of amides is 11. The van der Waals surface area contributed by atoms with Crippen LogP contribution in [0.3, 0.4) is 0 Å². The molecule has 74 heavy (non-hydrogen) atoms. The van der Waals surface area contributed by atoms with Gasteiger partial charge >= 0.3 is 5.97 Å². The zero-order valence-corrected chi connectivity index (χ0v) is 44.9. The number of unbranched alkanes of at least 4 members (excludes halogenated alkanes) is 1. The van der Waals surface area contributed by atoms with Gasteiger partial charge in [0.25, 0.3) is 0 Å². The van der Waals surface area contributed by atoms with Crippen LogP contribution in [0.4, 0.5) is 0 Å². The third kappa shape index (κ3) is 25.2. The predicted molar refractivity (Wildman–Crippen MR) is 274 cm³/mol. The molecule has 0 saturated heterocycles. The molecule has 0 unspecified atom stereocenters. The Labute approximate surface area is 437 Å². The molecule has 0 aromatic rings. The molecular formula is C46H83N13O14S. The van der Waals surface area contributed by atoms with Crippen LogP contribution < -0.4 is 65.1 Å². The van der Waals surface area contributed by atoms with Gasteiger partial charge < -0.3 is 80.2 Å². The van der Waals surface area contributed by atoms with E-state index in [1.54, 1.807) is 34.0 Å². The number of carboxylic acids is 1. The molecule has 0 aromatic carbocycles. The van der Waals surface area contributed by atoms with Gasteiger partial charge in [0.15, 0.2) is 0 Å². The third-order valence-corrected chi connectivity index (χ3v) is 12.6. The molecular weight excluding hydrogens is 991 g/mol. The van der Waals surface area contributed by atoms with E-state index in [2.05, 4.69) is 47.9 Å². The maximum absolute atomic E-state index is 13.9. The van der Waals surface area contributed by atoms with Gasteiger partial charge in [-0.3, -0.25) is 52.7 Å². The van der Waals surface area contributed by atoms with Crippen molar-refractivity contribution >= 4 is 82.7 Å². The molecule has 0 aliphatic carbocycles. The summed E-state index contributed by atoms with van der Waals surface area (Å²) in [4.78, 5) is 157. The number of nitrogens with one attached hydrogen (secondary N) is 9. The lowest BCUT2D eigenvalue weighted by Crippen LogP contribution is -2.60. The van der Waals surface area contributed by atoms with E-state index in [-0.39, 0.29) is 31.7 Å². The molecule has 27 nitrogen and oxygen atoms in total. The number of carbonyl (C=O) groups is 12. The molecule has 0 rings (SSSR count). The van der Waals surface area contributed by atoms with Crippen LogP contribution in [0.15, 0.2) is 0 Å². The summed E-state index contributed by atoms with van der Waals surface area (Å²) in [5, 5.41) is 41.2. The molecule has 0 spiro atoms. The normalized spacial score (nSPS) is 15.1. The Morgan fingerprint density at radius 1 is 0.595 bits per heavy atom. The van der Waals surface area contributed by atoms with E-state index >= 15 is 0 Å². The molecule has 0 aliphatic rings. The van der Waals surface area contributed by atoms with Gasteiger partial charge in [-0.05, 0) is 75.3 Å². The number of likely N-dealkylation sites (N-methyl/N-ethyl adjacent to an activating group) is 1. The van der Waals surface area contributed by atoms with Gasteiger partial charge in [-0.25, -0.2) is 4.79 Å². The molecule has 28 heteroatoms. The molecule has 0 aromatic heterocycles. The number of aliphatic hydroxyl groups is 1. The summed E-state index contributed by atoms with van der Waals surface area (Å²) in [5.41, 5.74) is 16.1. The highest BCUT2D eigenvalue weighted by atomic mass is 32.2. The summed E-state index contributed by atoms with van der Waals surface area (Å²) in [7, 11) is 1.38. The molecule has 0 aliphatic heterocycles. The van der Waals surface area contributed by atoms with Crippen LogP contribution in [0, 0.1) is 17.8 Å². The van der Waals surface area contributed by atoms with E-state index in [9.17, 15) is 67.7 Å². The Bertz CT molecular complexity index is 1910. The van der Waals surface area contributed by atoms with Crippen LogP contribution in [0.25, 0.3) is 0 Å². The lowest BCUT2D eigenvalue weighted by molar-refractivity contribution is -0.144. The Morgan fingerprint density at radius 3 is 1.65 bits per heavy atom. The summed E-state index contributed by atoms with van der Waals surface area (Å²) in [6.45, 7) is 9.48. The fourth-order valence-electron chi connectivity index (χ4n) is 6.96. The topological polar surface area (TPSA) is 435 Å². The minimum absolute atomic E-state index is 0.0119. The van der Waals surface area contributed by atoms with E-state index in [0.29, 0.717) is 31.4 Å². The van der Waals surface area contributed by atoms with Crippen molar-refractivity contribution in [3.05, 3.63) is 0 Å². The summed E-state index contributed by atoms with van der Waals surface area (Å²) in [6.07, 6.45) is 2.95. The number of nitrogens with two attached hydrogens (primary N) is 3. The highest BCUT2D eigenvalue weighted by molar-refractivity contribution is 7.98. The standard InChI is InChI=1S/C46H83N13O14S/c1-10-25(5)37(44(70)51-22-36(64)59(8)32(18-24(3)4)43(69)55-29(46(72)73)15-17-74-9)58-45(71)38(26(6)11-2)57-39(65)27(7)52-35(63)21-50-40(66)28(14-12-13-16-47)54-41(67)30(19-33(49)61)56-42(68)31(23-60)53-34(62)20-48/h24-32,37-38,60H,10-23,47-48H2,1-9H3,(H2,49,61)(H,50,66)(H,51,70)(H,52,63)(H,53,62)(H,54,67)(H,55,69)(H,56,68)(H,57,65)(H,58,71)(H,72,73)/t25-,26-,27-,28-,29-,30-,31-,32-,37-,38-/m0/s1.